The largest absolute Gasteiger partial charge is 0.378 e. The molecular formula is C19H22N6O2. The minimum atomic E-state index is 0.701. The van der Waals surface area contributed by atoms with Gasteiger partial charge >= 0.3 is 0 Å². The SMILES string of the molecule is c1ccc(-n2cnc3c(N4CCOCC4)nc(N4CCOCC4)nc32)cc1. The van der Waals surface area contributed by atoms with Gasteiger partial charge < -0.3 is 19.3 Å². The molecule has 2 aromatic heterocycles. The van der Waals surface area contributed by atoms with Crippen LogP contribution >= 0.6 is 0 Å². The third-order valence-electron chi connectivity index (χ3n) is 5.00. The van der Waals surface area contributed by atoms with Crippen molar-refractivity contribution in [2.24, 2.45) is 0 Å². The summed E-state index contributed by atoms with van der Waals surface area (Å²) in [5, 5.41) is 0. The van der Waals surface area contributed by atoms with Crippen molar-refractivity contribution in [1.29, 1.82) is 0 Å². The molecule has 0 N–H and O–H groups in total. The smallest absolute Gasteiger partial charge is 0.229 e. The first-order valence-electron chi connectivity index (χ1n) is 9.36. The molecule has 2 fully saturated rings. The van der Waals surface area contributed by atoms with Gasteiger partial charge in [0.1, 0.15) is 6.33 Å². The Bertz CT molecular complexity index is 917. The van der Waals surface area contributed by atoms with Gasteiger partial charge in [0.25, 0.3) is 0 Å². The highest BCUT2D eigenvalue weighted by Gasteiger charge is 2.23. The average molecular weight is 366 g/mol. The average Bonchev–Trinajstić information content (AvgIpc) is 3.19. The van der Waals surface area contributed by atoms with Crippen LogP contribution in [0.5, 0.6) is 0 Å². The molecule has 0 amide bonds. The Labute approximate surface area is 157 Å². The highest BCUT2D eigenvalue weighted by Crippen LogP contribution is 2.28. The van der Waals surface area contributed by atoms with Gasteiger partial charge in [0.05, 0.1) is 26.4 Å². The predicted octanol–water partition coefficient (Wildman–Crippen LogP) is 1.49. The fourth-order valence-corrected chi connectivity index (χ4v) is 3.55. The Kier molecular flexibility index (Phi) is 4.35. The molecule has 3 aromatic rings. The van der Waals surface area contributed by atoms with Gasteiger partial charge in [-0.3, -0.25) is 4.57 Å². The van der Waals surface area contributed by atoms with Crippen LogP contribution in [0.1, 0.15) is 0 Å². The van der Waals surface area contributed by atoms with Gasteiger partial charge in [0, 0.05) is 31.9 Å². The lowest BCUT2D eigenvalue weighted by molar-refractivity contribution is 0.121. The van der Waals surface area contributed by atoms with E-state index in [9.17, 15) is 0 Å². The summed E-state index contributed by atoms with van der Waals surface area (Å²) >= 11 is 0. The number of fused-ring (bicyclic) bond motifs is 1. The lowest BCUT2D eigenvalue weighted by atomic mass is 10.3. The van der Waals surface area contributed by atoms with Crippen molar-refractivity contribution in [2.45, 2.75) is 0 Å². The van der Waals surface area contributed by atoms with Crippen molar-refractivity contribution in [2.75, 3.05) is 62.4 Å². The molecule has 8 nitrogen and oxygen atoms in total. The number of hydrogen-bond donors (Lipinski definition) is 0. The van der Waals surface area contributed by atoms with Crippen LogP contribution in [-0.4, -0.2) is 72.1 Å². The van der Waals surface area contributed by atoms with E-state index >= 15 is 0 Å². The number of ether oxygens (including phenoxy) is 2. The lowest BCUT2D eigenvalue weighted by Gasteiger charge is -2.30. The van der Waals surface area contributed by atoms with Gasteiger partial charge in [-0.2, -0.15) is 9.97 Å². The molecule has 0 aliphatic carbocycles. The van der Waals surface area contributed by atoms with Crippen molar-refractivity contribution in [3.8, 4) is 5.69 Å². The normalized spacial score (nSPS) is 18.2. The second-order valence-corrected chi connectivity index (χ2v) is 6.67. The second kappa shape index (κ2) is 7.13. The van der Waals surface area contributed by atoms with E-state index in [4.69, 9.17) is 19.4 Å². The Morgan fingerprint density at radius 3 is 2.15 bits per heavy atom. The molecule has 4 heterocycles. The molecule has 0 bridgehead atoms. The fraction of sp³-hybridized carbons (Fsp3) is 0.421. The van der Waals surface area contributed by atoms with E-state index in [0.717, 1.165) is 54.8 Å². The molecule has 27 heavy (non-hydrogen) atoms. The van der Waals surface area contributed by atoms with Crippen LogP contribution in [0.25, 0.3) is 16.9 Å². The molecule has 0 radical (unpaired) electrons. The molecule has 8 heteroatoms. The summed E-state index contributed by atoms with van der Waals surface area (Å²) in [5.74, 6) is 1.63. The molecule has 2 aliphatic heterocycles. The van der Waals surface area contributed by atoms with E-state index in [2.05, 4.69) is 26.9 Å². The first-order valence-corrected chi connectivity index (χ1v) is 9.36. The van der Waals surface area contributed by atoms with Crippen molar-refractivity contribution < 1.29 is 9.47 Å². The first-order chi connectivity index (χ1) is 13.4. The first kappa shape index (κ1) is 16.5. The number of aromatic nitrogens is 4. The Morgan fingerprint density at radius 2 is 1.44 bits per heavy atom. The Balaban J connectivity index is 1.66. The zero-order chi connectivity index (χ0) is 18.1. The van der Waals surface area contributed by atoms with Crippen LogP contribution in [-0.2, 0) is 9.47 Å². The zero-order valence-electron chi connectivity index (χ0n) is 15.1. The monoisotopic (exact) mass is 366 g/mol. The summed E-state index contributed by atoms with van der Waals surface area (Å²) < 4.78 is 13.0. The van der Waals surface area contributed by atoms with Gasteiger partial charge in [-0.25, -0.2) is 4.98 Å². The van der Waals surface area contributed by atoms with Gasteiger partial charge in [-0.1, -0.05) is 18.2 Å². The third kappa shape index (κ3) is 3.11. The zero-order valence-corrected chi connectivity index (χ0v) is 15.1. The minimum Gasteiger partial charge on any atom is -0.378 e. The number of morpholine rings is 2. The number of imidazole rings is 1. The van der Waals surface area contributed by atoms with Crippen LogP contribution in [0.3, 0.4) is 0 Å². The standard InChI is InChI=1S/C19H22N6O2/c1-2-4-15(5-3-1)25-14-20-16-17(23-6-10-26-11-7-23)21-19(22-18(16)25)24-8-12-27-13-9-24/h1-5,14H,6-13H2. The van der Waals surface area contributed by atoms with Crippen LogP contribution in [0, 0.1) is 0 Å². The van der Waals surface area contributed by atoms with E-state index < -0.39 is 0 Å². The maximum atomic E-state index is 5.52. The van der Waals surface area contributed by atoms with Crippen LogP contribution in [0.4, 0.5) is 11.8 Å². The van der Waals surface area contributed by atoms with Crippen molar-refractivity contribution in [1.82, 2.24) is 19.5 Å². The van der Waals surface area contributed by atoms with Crippen molar-refractivity contribution >= 4 is 22.9 Å². The van der Waals surface area contributed by atoms with Gasteiger partial charge in [-0.05, 0) is 12.1 Å². The molecule has 0 unspecified atom stereocenters. The molecular weight excluding hydrogens is 344 g/mol. The summed E-state index contributed by atoms with van der Waals surface area (Å²) in [6.07, 6.45) is 1.84. The topological polar surface area (TPSA) is 68.5 Å². The van der Waals surface area contributed by atoms with E-state index in [1.165, 1.54) is 0 Å². The Hall–Kier alpha value is -2.71. The minimum absolute atomic E-state index is 0.701. The summed E-state index contributed by atoms with van der Waals surface area (Å²) in [5.41, 5.74) is 2.71. The van der Waals surface area contributed by atoms with E-state index in [1.807, 2.05) is 29.1 Å². The number of nitrogens with zero attached hydrogens (tertiary/aromatic N) is 6. The van der Waals surface area contributed by atoms with Gasteiger partial charge in [-0.15, -0.1) is 0 Å². The fourth-order valence-electron chi connectivity index (χ4n) is 3.55. The predicted molar refractivity (Wildman–Crippen MR) is 103 cm³/mol. The third-order valence-corrected chi connectivity index (χ3v) is 5.00. The molecule has 140 valence electrons. The lowest BCUT2D eigenvalue weighted by Crippen LogP contribution is -2.39. The van der Waals surface area contributed by atoms with Gasteiger partial charge in [0.15, 0.2) is 17.0 Å². The molecule has 5 rings (SSSR count). The summed E-state index contributed by atoms with van der Waals surface area (Å²) in [4.78, 5) is 18.9. The highest BCUT2D eigenvalue weighted by atomic mass is 16.5. The number of para-hydroxylation sites is 1. The van der Waals surface area contributed by atoms with Crippen molar-refractivity contribution in [3.05, 3.63) is 36.7 Å². The molecule has 2 aliphatic rings. The van der Waals surface area contributed by atoms with Crippen LogP contribution in [0.15, 0.2) is 36.7 Å². The molecule has 0 spiro atoms. The molecule has 0 saturated carbocycles. The quantitative estimate of drug-likeness (QED) is 0.696. The number of benzene rings is 1. The number of hydrogen-bond acceptors (Lipinski definition) is 7. The van der Waals surface area contributed by atoms with Crippen LogP contribution < -0.4 is 9.80 Å². The van der Waals surface area contributed by atoms with E-state index in [0.29, 0.717) is 26.4 Å². The summed E-state index contributed by atoms with van der Waals surface area (Å²) in [6.45, 7) is 6.04. The number of anilines is 2. The maximum absolute atomic E-state index is 5.52. The summed E-state index contributed by atoms with van der Waals surface area (Å²) in [6, 6.07) is 10.2. The van der Waals surface area contributed by atoms with Gasteiger partial charge in [0.2, 0.25) is 5.95 Å². The molecule has 2 saturated heterocycles. The Morgan fingerprint density at radius 1 is 0.778 bits per heavy atom. The number of rotatable bonds is 3. The molecule has 0 atom stereocenters. The van der Waals surface area contributed by atoms with E-state index in [-0.39, 0.29) is 0 Å². The maximum Gasteiger partial charge on any atom is 0.229 e. The van der Waals surface area contributed by atoms with Crippen LogP contribution in [0.2, 0.25) is 0 Å². The highest BCUT2D eigenvalue weighted by molar-refractivity contribution is 5.86. The second-order valence-electron chi connectivity index (χ2n) is 6.67. The van der Waals surface area contributed by atoms with Crippen molar-refractivity contribution in [3.63, 3.8) is 0 Å². The van der Waals surface area contributed by atoms with E-state index in [1.54, 1.807) is 0 Å². The molecule has 1 aromatic carbocycles. The summed E-state index contributed by atoms with van der Waals surface area (Å²) in [7, 11) is 0.